The van der Waals surface area contributed by atoms with Gasteiger partial charge in [-0.25, -0.2) is 0 Å². The molecule has 0 unspecified atom stereocenters. The van der Waals surface area contributed by atoms with Crippen molar-refractivity contribution in [3.8, 4) is 0 Å². The topological polar surface area (TPSA) is 49.8 Å². The summed E-state index contributed by atoms with van der Waals surface area (Å²) in [5.41, 5.74) is 5.38. The molecule has 0 bridgehead atoms. The molecule has 0 radical (unpaired) electrons. The van der Waals surface area contributed by atoms with Crippen LogP contribution in [-0.2, 0) is 6.54 Å². The molecule has 0 aliphatic heterocycles. The lowest BCUT2D eigenvalue weighted by Crippen LogP contribution is -2.15. The quantitative estimate of drug-likeness (QED) is 0.748. The minimum absolute atomic E-state index is 0. The number of fused-ring (bicyclic) bond motifs is 1. The maximum absolute atomic E-state index is 4.34. The molecular weight excluding hydrogens is 296 g/mol. The van der Waals surface area contributed by atoms with Crippen LogP contribution >= 0.6 is 0 Å². The van der Waals surface area contributed by atoms with Crippen LogP contribution in [0.5, 0.6) is 0 Å². The fraction of sp³-hybridized carbons (Fsp3) is 0.400. The van der Waals surface area contributed by atoms with Crippen molar-refractivity contribution in [1.82, 2.24) is 20.6 Å². The number of allylic oxidation sites excluding steroid dienone is 2. The van der Waals surface area contributed by atoms with Gasteiger partial charge in [0.25, 0.3) is 0 Å². The molecule has 1 aromatic heterocycles. The van der Waals surface area contributed by atoms with E-state index >= 15 is 0 Å². The van der Waals surface area contributed by atoms with Gasteiger partial charge in [-0.2, -0.15) is 0 Å². The van der Waals surface area contributed by atoms with E-state index in [1.807, 2.05) is 19.2 Å². The maximum atomic E-state index is 4.34. The standard InChI is InChI=1S/C17H22N4.C3H8.H2/c1-4-15(13(3)11-18-5-2)21-12-14-6-7-16-17(10-14)20-9-8-19-16;1-3-2;/h4,6-11,18,21H,5,12H2,1-3H3;3H2,1-2H3;1H/b13-11-,15-4+;;. The second-order valence-corrected chi connectivity index (χ2v) is 5.53. The van der Waals surface area contributed by atoms with Crippen molar-refractivity contribution in [3.63, 3.8) is 0 Å². The van der Waals surface area contributed by atoms with Crippen LogP contribution in [0, 0.1) is 0 Å². The number of rotatable bonds is 6. The highest BCUT2D eigenvalue weighted by atomic mass is 14.9. The predicted octanol–water partition coefficient (Wildman–Crippen LogP) is 4.80. The summed E-state index contributed by atoms with van der Waals surface area (Å²) in [6.07, 6.45) is 8.81. The van der Waals surface area contributed by atoms with Crippen LogP contribution < -0.4 is 10.6 Å². The van der Waals surface area contributed by atoms with Crippen molar-refractivity contribution in [1.29, 1.82) is 0 Å². The van der Waals surface area contributed by atoms with E-state index in [0.29, 0.717) is 0 Å². The van der Waals surface area contributed by atoms with Crippen molar-refractivity contribution >= 4 is 11.0 Å². The Labute approximate surface area is 147 Å². The molecule has 1 heterocycles. The summed E-state index contributed by atoms with van der Waals surface area (Å²) in [6.45, 7) is 12.2. The van der Waals surface area contributed by atoms with Crippen molar-refractivity contribution in [2.75, 3.05) is 6.54 Å². The fourth-order valence-corrected chi connectivity index (χ4v) is 2.12. The van der Waals surface area contributed by atoms with Gasteiger partial charge in [0.1, 0.15) is 0 Å². The van der Waals surface area contributed by atoms with Gasteiger partial charge in [0.15, 0.2) is 0 Å². The molecule has 2 rings (SSSR count). The highest BCUT2D eigenvalue weighted by molar-refractivity contribution is 5.74. The molecule has 0 aliphatic rings. The van der Waals surface area contributed by atoms with E-state index in [-0.39, 0.29) is 1.43 Å². The van der Waals surface area contributed by atoms with Gasteiger partial charge in [0.05, 0.1) is 11.0 Å². The smallest absolute Gasteiger partial charge is 0.0890 e. The highest BCUT2D eigenvalue weighted by Crippen LogP contribution is 2.12. The van der Waals surface area contributed by atoms with Gasteiger partial charge in [-0.15, -0.1) is 0 Å². The molecule has 0 fully saturated rings. The molecule has 2 N–H and O–H groups in total. The van der Waals surface area contributed by atoms with Gasteiger partial charge in [-0.1, -0.05) is 32.4 Å². The van der Waals surface area contributed by atoms with E-state index in [9.17, 15) is 0 Å². The predicted molar refractivity (Wildman–Crippen MR) is 106 cm³/mol. The first-order valence-corrected chi connectivity index (χ1v) is 8.66. The van der Waals surface area contributed by atoms with Crippen LogP contribution in [0.15, 0.2) is 54.1 Å². The Morgan fingerprint density at radius 2 is 1.79 bits per heavy atom. The number of hydrogen-bond donors (Lipinski definition) is 2. The summed E-state index contributed by atoms with van der Waals surface area (Å²) < 4.78 is 0. The minimum atomic E-state index is 0. The molecule has 0 aliphatic carbocycles. The minimum Gasteiger partial charge on any atom is -0.391 e. The van der Waals surface area contributed by atoms with Crippen LogP contribution in [0.25, 0.3) is 11.0 Å². The fourth-order valence-electron chi connectivity index (χ4n) is 2.12. The molecule has 0 atom stereocenters. The summed E-state index contributed by atoms with van der Waals surface area (Å²) in [4.78, 5) is 8.62. The number of hydrogen-bond acceptors (Lipinski definition) is 4. The van der Waals surface area contributed by atoms with Crippen LogP contribution in [-0.4, -0.2) is 16.5 Å². The van der Waals surface area contributed by atoms with E-state index in [1.165, 1.54) is 17.6 Å². The largest absolute Gasteiger partial charge is 0.391 e. The zero-order valence-electron chi connectivity index (χ0n) is 15.6. The zero-order valence-corrected chi connectivity index (χ0v) is 15.6. The van der Waals surface area contributed by atoms with Gasteiger partial charge in [0, 0.05) is 38.8 Å². The van der Waals surface area contributed by atoms with Crippen LogP contribution in [0.3, 0.4) is 0 Å². The summed E-state index contributed by atoms with van der Waals surface area (Å²) in [5, 5.41) is 6.69. The first-order chi connectivity index (χ1) is 11.7. The summed E-state index contributed by atoms with van der Waals surface area (Å²) >= 11 is 0. The van der Waals surface area contributed by atoms with E-state index < -0.39 is 0 Å². The molecule has 0 amide bonds. The molecule has 0 saturated carbocycles. The van der Waals surface area contributed by atoms with Gasteiger partial charge >= 0.3 is 0 Å². The Morgan fingerprint density at radius 1 is 1.12 bits per heavy atom. The Bertz CT molecular complexity index is 680. The van der Waals surface area contributed by atoms with Crippen LogP contribution in [0.4, 0.5) is 0 Å². The number of nitrogens with zero attached hydrogens (tertiary/aromatic N) is 2. The lowest BCUT2D eigenvalue weighted by Gasteiger charge is -2.12. The monoisotopic (exact) mass is 328 g/mol. The second-order valence-electron chi connectivity index (χ2n) is 5.53. The van der Waals surface area contributed by atoms with Crippen molar-refractivity contribution in [2.45, 2.75) is 47.6 Å². The van der Waals surface area contributed by atoms with Gasteiger partial charge in [-0.05, 0) is 44.0 Å². The third kappa shape index (κ3) is 6.41. The molecule has 4 nitrogen and oxygen atoms in total. The molecule has 1 aromatic carbocycles. The molecule has 132 valence electrons. The number of benzene rings is 1. The van der Waals surface area contributed by atoms with E-state index in [1.54, 1.807) is 12.4 Å². The van der Waals surface area contributed by atoms with Crippen molar-refractivity contribution in [2.24, 2.45) is 0 Å². The Hall–Kier alpha value is -2.36. The van der Waals surface area contributed by atoms with Crippen molar-refractivity contribution < 1.29 is 1.43 Å². The van der Waals surface area contributed by atoms with E-state index in [4.69, 9.17) is 0 Å². The molecule has 2 aromatic rings. The third-order valence-electron chi connectivity index (χ3n) is 3.25. The molecule has 24 heavy (non-hydrogen) atoms. The summed E-state index contributed by atoms with van der Waals surface area (Å²) in [6, 6.07) is 6.17. The van der Waals surface area contributed by atoms with E-state index in [0.717, 1.165) is 29.8 Å². The Balaban J connectivity index is 0.00000134. The third-order valence-corrected chi connectivity index (χ3v) is 3.25. The van der Waals surface area contributed by atoms with Crippen LogP contribution in [0.1, 0.15) is 48.0 Å². The number of nitrogens with one attached hydrogen (secondary N) is 2. The molecular formula is C20H32N4. The maximum Gasteiger partial charge on any atom is 0.0890 e. The molecule has 4 heteroatoms. The normalized spacial score (nSPS) is 11.7. The highest BCUT2D eigenvalue weighted by Gasteiger charge is 2.01. The lowest BCUT2D eigenvalue weighted by atomic mass is 10.1. The van der Waals surface area contributed by atoms with Gasteiger partial charge in [-0.3, -0.25) is 9.97 Å². The zero-order chi connectivity index (χ0) is 17.8. The summed E-state index contributed by atoms with van der Waals surface area (Å²) in [5.74, 6) is 0. The first-order valence-electron chi connectivity index (χ1n) is 8.66. The number of aromatic nitrogens is 2. The van der Waals surface area contributed by atoms with Gasteiger partial charge < -0.3 is 10.6 Å². The molecule has 0 saturated heterocycles. The first kappa shape index (κ1) is 19.7. The average Bonchev–Trinajstić information content (AvgIpc) is 2.61. The van der Waals surface area contributed by atoms with E-state index in [2.05, 4.69) is 66.5 Å². The van der Waals surface area contributed by atoms with Gasteiger partial charge in [0.2, 0.25) is 0 Å². The Kier molecular flexibility index (Phi) is 9.20. The average molecular weight is 329 g/mol. The molecule has 0 spiro atoms. The van der Waals surface area contributed by atoms with Crippen molar-refractivity contribution in [3.05, 3.63) is 59.7 Å². The SMILES string of the molecule is C/C=C(NCc1ccc2nccnc2c1)\C(C)=C/NCC.CCC.[HH]. The van der Waals surface area contributed by atoms with Crippen LogP contribution in [0.2, 0.25) is 0 Å². The second kappa shape index (κ2) is 11.2. The Morgan fingerprint density at radius 3 is 2.42 bits per heavy atom. The summed E-state index contributed by atoms with van der Waals surface area (Å²) in [7, 11) is 0. The lowest BCUT2D eigenvalue weighted by molar-refractivity contribution is 0.809.